The van der Waals surface area contributed by atoms with Gasteiger partial charge >= 0.3 is 0 Å². The van der Waals surface area contributed by atoms with Crippen LogP contribution in [0, 0.1) is 11.3 Å². The van der Waals surface area contributed by atoms with E-state index in [0.29, 0.717) is 17.9 Å². The topological polar surface area (TPSA) is 52.0 Å². The number of nitriles is 1. The number of nitrogens with zero attached hydrogens (tertiary/aromatic N) is 3. The standard InChI is InChI=1S/C18H20N4/c19-12-17-4-3-9-20-18(17)21-13-15-5-7-16(8-6-15)14-22-10-1-2-11-22/h3-9H,1-2,10-11,13-14H2,(H,20,21). The van der Waals surface area contributed by atoms with Gasteiger partial charge in [0.1, 0.15) is 11.9 Å². The molecule has 4 nitrogen and oxygen atoms in total. The fraction of sp³-hybridized carbons (Fsp3) is 0.333. The van der Waals surface area contributed by atoms with E-state index in [1.165, 1.54) is 37.1 Å². The second-order valence-corrected chi connectivity index (χ2v) is 5.66. The molecule has 1 aliphatic rings. The van der Waals surface area contributed by atoms with E-state index in [0.717, 1.165) is 6.54 Å². The zero-order chi connectivity index (χ0) is 15.2. The van der Waals surface area contributed by atoms with E-state index < -0.39 is 0 Å². The number of nitrogens with one attached hydrogen (secondary N) is 1. The van der Waals surface area contributed by atoms with Crippen LogP contribution in [0.2, 0.25) is 0 Å². The molecule has 1 aromatic heterocycles. The molecule has 0 saturated carbocycles. The number of hydrogen-bond acceptors (Lipinski definition) is 4. The zero-order valence-corrected chi connectivity index (χ0v) is 12.6. The van der Waals surface area contributed by atoms with E-state index in [1.54, 1.807) is 18.3 Å². The minimum Gasteiger partial charge on any atom is -0.365 e. The second-order valence-electron chi connectivity index (χ2n) is 5.66. The first-order chi connectivity index (χ1) is 10.8. The Hall–Kier alpha value is -2.38. The fourth-order valence-corrected chi connectivity index (χ4v) is 2.78. The summed E-state index contributed by atoms with van der Waals surface area (Å²) in [6.07, 6.45) is 4.35. The van der Waals surface area contributed by atoms with Crippen molar-refractivity contribution in [2.75, 3.05) is 18.4 Å². The first kappa shape index (κ1) is 14.6. The molecule has 1 aromatic carbocycles. The zero-order valence-electron chi connectivity index (χ0n) is 12.6. The van der Waals surface area contributed by atoms with E-state index in [2.05, 4.69) is 45.5 Å². The highest BCUT2D eigenvalue weighted by Gasteiger charge is 2.11. The second kappa shape index (κ2) is 7.06. The molecule has 4 heteroatoms. The SMILES string of the molecule is N#Cc1cccnc1NCc1ccc(CN2CCCC2)cc1. The molecule has 1 N–H and O–H groups in total. The lowest BCUT2D eigenvalue weighted by molar-refractivity contribution is 0.331. The molecule has 2 heterocycles. The van der Waals surface area contributed by atoms with Crippen molar-refractivity contribution in [1.29, 1.82) is 5.26 Å². The van der Waals surface area contributed by atoms with Gasteiger partial charge < -0.3 is 5.32 Å². The van der Waals surface area contributed by atoms with Crippen molar-refractivity contribution < 1.29 is 0 Å². The van der Waals surface area contributed by atoms with E-state index in [-0.39, 0.29) is 0 Å². The van der Waals surface area contributed by atoms with Crippen molar-refractivity contribution in [2.45, 2.75) is 25.9 Å². The normalized spacial score (nSPS) is 14.7. The van der Waals surface area contributed by atoms with Crippen molar-refractivity contribution in [1.82, 2.24) is 9.88 Å². The van der Waals surface area contributed by atoms with Crippen LogP contribution in [0.3, 0.4) is 0 Å². The average molecular weight is 292 g/mol. The number of pyridine rings is 1. The third kappa shape index (κ3) is 3.63. The average Bonchev–Trinajstić information content (AvgIpc) is 3.07. The van der Waals surface area contributed by atoms with Crippen LogP contribution >= 0.6 is 0 Å². The molecule has 2 aromatic rings. The summed E-state index contributed by atoms with van der Waals surface area (Å²) in [4.78, 5) is 6.71. The minimum absolute atomic E-state index is 0.577. The van der Waals surface area contributed by atoms with Gasteiger partial charge in [0.15, 0.2) is 0 Å². The van der Waals surface area contributed by atoms with Crippen LogP contribution < -0.4 is 5.32 Å². The summed E-state index contributed by atoms with van der Waals surface area (Å²) in [7, 11) is 0. The first-order valence-electron chi connectivity index (χ1n) is 7.74. The summed E-state index contributed by atoms with van der Waals surface area (Å²) in [6.45, 7) is 4.17. The Kier molecular flexibility index (Phi) is 4.67. The predicted octanol–water partition coefficient (Wildman–Crippen LogP) is 3.16. The molecule has 0 spiro atoms. The van der Waals surface area contributed by atoms with Crippen molar-refractivity contribution >= 4 is 5.82 Å². The number of aromatic nitrogens is 1. The Bertz CT molecular complexity index is 652. The Morgan fingerprint density at radius 3 is 2.55 bits per heavy atom. The third-order valence-electron chi connectivity index (χ3n) is 4.02. The predicted molar refractivity (Wildman–Crippen MR) is 87.2 cm³/mol. The highest BCUT2D eigenvalue weighted by Crippen LogP contribution is 2.15. The molecule has 112 valence electrons. The molecule has 1 saturated heterocycles. The maximum absolute atomic E-state index is 9.05. The van der Waals surface area contributed by atoms with Crippen molar-refractivity contribution in [3.8, 4) is 6.07 Å². The van der Waals surface area contributed by atoms with Crippen molar-refractivity contribution in [3.05, 3.63) is 59.3 Å². The molecule has 3 rings (SSSR count). The van der Waals surface area contributed by atoms with Crippen LogP contribution in [0.1, 0.15) is 29.5 Å². The van der Waals surface area contributed by atoms with E-state index in [4.69, 9.17) is 5.26 Å². The summed E-state index contributed by atoms with van der Waals surface area (Å²) in [5.41, 5.74) is 3.13. The van der Waals surface area contributed by atoms with Gasteiger partial charge in [-0.25, -0.2) is 4.98 Å². The van der Waals surface area contributed by atoms with Gasteiger partial charge in [-0.3, -0.25) is 4.90 Å². The van der Waals surface area contributed by atoms with Gasteiger partial charge in [-0.2, -0.15) is 5.26 Å². The van der Waals surface area contributed by atoms with Gasteiger partial charge in [0.2, 0.25) is 0 Å². The maximum atomic E-state index is 9.05. The van der Waals surface area contributed by atoms with Crippen LogP contribution in [0.5, 0.6) is 0 Å². The molecule has 0 amide bonds. The van der Waals surface area contributed by atoms with Crippen molar-refractivity contribution in [3.63, 3.8) is 0 Å². The maximum Gasteiger partial charge on any atom is 0.144 e. The number of rotatable bonds is 5. The molecular formula is C18H20N4. The largest absolute Gasteiger partial charge is 0.365 e. The lowest BCUT2D eigenvalue weighted by Gasteiger charge is -2.14. The highest BCUT2D eigenvalue weighted by atomic mass is 15.1. The summed E-state index contributed by atoms with van der Waals surface area (Å²) in [6, 6.07) is 14.4. The van der Waals surface area contributed by atoms with Gasteiger partial charge in [-0.1, -0.05) is 24.3 Å². The number of benzene rings is 1. The quantitative estimate of drug-likeness (QED) is 0.919. The summed E-state index contributed by atoms with van der Waals surface area (Å²) >= 11 is 0. The number of hydrogen-bond donors (Lipinski definition) is 1. The Morgan fingerprint density at radius 1 is 1.09 bits per heavy atom. The van der Waals surface area contributed by atoms with E-state index in [1.807, 2.05) is 0 Å². The summed E-state index contributed by atoms with van der Waals surface area (Å²) in [5.74, 6) is 0.645. The van der Waals surface area contributed by atoms with Gasteiger partial charge in [-0.05, 0) is 49.2 Å². The van der Waals surface area contributed by atoms with Gasteiger partial charge in [0.05, 0.1) is 5.56 Å². The lowest BCUT2D eigenvalue weighted by Crippen LogP contribution is -2.18. The van der Waals surface area contributed by atoms with Crippen LogP contribution in [0.4, 0.5) is 5.82 Å². The van der Waals surface area contributed by atoms with Crippen LogP contribution in [0.15, 0.2) is 42.6 Å². The Labute approximate surface area is 131 Å². The highest BCUT2D eigenvalue weighted by molar-refractivity contribution is 5.51. The molecule has 0 radical (unpaired) electrons. The Balaban J connectivity index is 1.58. The fourth-order valence-electron chi connectivity index (χ4n) is 2.78. The van der Waals surface area contributed by atoms with Crippen LogP contribution in [-0.2, 0) is 13.1 Å². The monoisotopic (exact) mass is 292 g/mol. The molecule has 22 heavy (non-hydrogen) atoms. The van der Waals surface area contributed by atoms with Crippen LogP contribution in [0.25, 0.3) is 0 Å². The van der Waals surface area contributed by atoms with E-state index >= 15 is 0 Å². The summed E-state index contributed by atoms with van der Waals surface area (Å²) < 4.78 is 0. The smallest absolute Gasteiger partial charge is 0.144 e. The lowest BCUT2D eigenvalue weighted by atomic mass is 10.1. The first-order valence-corrected chi connectivity index (χ1v) is 7.74. The molecule has 1 aliphatic heterocycles. The number of likely N-dealkylation sites (tertiary alicyclic amines) is 1. The van der Waals surface area contributed by atoms with Gasteiger partial charge in [0.25, 0.3) is 0 Å². The molecule has 0 aliphatic carbocycles. The minimum atomic E-state index is 0.577. The molecule has 0 bridgehead atoms. The van der Waals surface area contributed by atoms with Crippen molar-refractivity contribution in [2.24, 2.45) is 0 Å². The molecule has 0 unspecified atom stereocenters. The molecule has 1 fully saturated rings. The van der Waals surface area contributed by atoms with Crippen LogP contribution in [-0.4, -0.2) is 23.0 Å². The molecule has 0 atom stereocenters. The number of anilines is 1. The van der Waals surface area contributed by atoms with E-state index in [9.17, 15) is 0 Å². The Morgan fingerprint density at radius 2 is 1.82 bits per heavy atom. The van der Waals surface area contributed by atoms with Gasteiger partial charge in [-0.15, -0.1) is 0 Å². The van der Waals surface area contributed by atoms with Gasteiger partial charge in [0, 0.05) is 19.3 Å². The molecular weight excluding hydrogens is 272 g/mol. The summed E-state index contributed by atoms with van der Waals surface area (Å²) in [5, 5.41) is 12.3. The third-order valence-corrected chi connectivity index (χ3v) is 4.02.